The number of nitrogens with one attached hydrogen (secondary N) is 1. The molecule has 1 atom stereocenters. The summed E-state index contributed by atoms with van der Waals surface area (Å²) in [6, 6.07) is 1.82. The molecule has 92 valence electrons. The second-order valence-electron chi connectivity index (χ2n) is 3.90. The molecule has 1 unspecified atom stereocenters. The molecule has 1 rings (SSSR count). The molecule has 16 heavy (non-hydrogen) atoms. The normalized spacial score (nSPS) is 14.1. The highest BCUT2D eigenvalue weighted by Crippen LogP contribution is 2.33. The molecule has 0 fully saturated rings. The molecule has 0 saturated carbocycles. The van der Waals surface area contributed by atoms with Gasteiger partial charge in [-0.2, -0.15) is 13.2 Å². The minimum absolute atomic E-state index is 0.0980. The van der Waals surface area contributed by atoms with Crippen LogP contribution < -0.4 is 5.32 Å². The van der Waals surface area contributed by atoms with E-state index >= 15 is 0 Å². The van der Waals surface area contributed by atoms with Crippen LogP contribution in [0.1, 0.15) is 34.2 Å². The summed E-state index contributed by atoms with van der Waals surface area (Å²) in [7, 11) is 1.70. The number of rotatable bonds is 4. The Bertz CT molecular complexity index is 343. The Kier molecular flexibility index (Phi) is 4.38. The third kappa shape index (κ3) is 3.79. The van der Waals surface area contributed by atoms with Gasteiger partial charge >= 0.3 is 6.18 Å². The van der Waals surface area contributed by atoms with E-state index < -0.39 is 12.6 Å². The lowest BCUT2D eigenvalue weighted by molar-refractivity contribution is -0.136. The summed E-state index contributed by atoms with van der Waals surface area (Å²) < 4.78 is 36.4. The summed E-state index contributed by atoms with van der Waals surface area (Å²) in [4.78, 5) is 2.16. The van der Waals surface area contributed by atoms with Gasteiger partial charge in [-0.3, -0.25) is 0 Å². The monoisotopic (exact) mass is 251 g/mol. The minimum Gasteiger partial charge on any atom is -0.312 e. The summed E-state index contributed by atoms with van der Waals surface area (Å²) in [6.07, 6.45) is -4.72. The Hall–Kier alpha value is -0.550. The number of aryl methyl sites for hydroxylation is 2. The van der Waals surface area contributed by atoms with E-state index in [9.17, 15) is 13.2 Å². The zero-order valence-corrected chi connectivity index (χ0v) is 10.4. The molecular formula is C11H16F3NS. The van der Waals surface area contributed by atoms with Gasteiger partial charge in [0.2, 0.25) is 0 Å². The number of thiophene rings is 1. The fraction of sp³-hybridized carbons (Fsp3) is 0.636. The second kappa shape index (κ2) is 5.19. The SMILES string of the molecule is CNC(CCC(F)(F)F)c1sc(C)cc1C. The van der Waals surface area contributed by atoms with Crippen molar-refractivity contribution in [1.29, 1.82) is 0 Å². The Balaban J connectivity index is 2.71. The molecule has 0 aliphatic carbocycles. The Morgan fingerprint density at radius 3 is 2.38 bits per heavy atom. The maximum atomic E-state index is 12.1. The number of halogens is 3. The van der Waals surface area contributed by atoms with Crippen LogP contribution in [0.3, 0.4) is 0 Å². The topological polar surface area (TPSA) is 12.0 Å². The van der Waals surface area contributed by atoms with Gasteiger partial charge in [-0.25, -0.2) is 0 Å². The third-order valence-corrected chi connectivity index (χ3v) is 3.73. The average molecular weight is 251 g/mol. The quantitative estimate of drug-likeness (QED) is 0.853. The average Bonchev–Trinajstić information content (AvgIpc) is 2.45. The van der Waals surface area contributed by atoms with E-state index in [1.54, 1.807) is 18.4 Å². The molecule has 0 amide bonds. The predicted molar refractivity (Wildman–Crippen MR) is 60.9 cm³/mol. The van der Waals surface area contributed by atoms with Crippen molar-refractivity contribution < 1.29 is 13.2 Å². The summed E-state index contributed by atoms with van der Waals surface area (Å²) in [6.45, 7) is 3.91. The largest absolute Gasteiger partial charge is 0.389 e. The predicted octanol–water partition coefficient (Wildman–Crippen LogP) is 3.97. The fourth-order valence-electron chi connectivity index (χ4n) is 1.72. The van der Waals surface area contributed by atoms with Gasteiger partial charge in [0.05, 0.1) is 0 Å². The lowest BCUT2D eigenvalue weighted by Crippen LogP contribution is -2.19. The van der Waals surface area contributed by atoms with E-state index in [1.165, 1.54) is 0 Å². The maximum Gasteiger partial charge on any atom is 0.389 e. The van der Waals surface area contributed by atoms with Gasteiger partial charge < -0.3 is 5.32 Å². The first-order valence-corrected chi connectivity index (χ1v) is 5.96. The molecule has 1 N–H and O–H groups in total. The lowest BCUT2D eigenvalue weighted by Gasteiger charge is -2.16. The van der Waals surface area contributed by atoms with Crippen LogP contribution in [0, 0.1) is 13.8 Å². The van der Waals surface area contributed by atoms with Crippen molar-refractivity contribution in [2.75, 3.05) is 7.05 Å². The van der Waals surface area contributed by atoms with Crippen LogP contribution in [0.4, 0.5) is 13.2 Å². The molecule has 1 heterocycles. The van der Waals surface area contributed by atoms with Crippen molar-refractivity contribution in [3.8, 4) is 0 Å². The van der Waals surface area contributed by atoms with E-state index in [-0.39, 0.29) is 12.5 Å². The molecule has 0 saturated heterocycles. The summed E-state index contributed by atoms with van der Waals surface area (Å²) >= 11 is 1.57. The maximum absolute atomic E-state index is 12.1. The first kappa shape index (κ1) is 13.5. The van der Waals surface area contributed by atoms with E-state index in [4.69, 9.17) is 0 Å². The zero-order chi connectivity index (χ0) is 12.3. The highest BCUT2D eigenvalue weighted by molar-refractivity contribution is 7.12. The molecule has 1 nitrogen and oxygen atoms in total. The van der Waals surface area contributed by atoms with Crippen molar-refractivity contribution in [2.24, 2.45) is 0 Å². The van der Waals surface area contributed by atoms with Crippen molar-refractivity contribution in [2.45, 2.75) is 38.9 Å². The lowest BCUT2D eigenvalue weighted by atomic mass is 10.1. The molecule has 0 aliphatic rings. The highest BCUT2D eigenvalue weighted by Gasteiger charge is 2.29. The van der Waals surface area contributed by atoms with Gasteiger partial charge in [0.15, 0.2) is 0 Å². The molecule has 1 aromatic heterocycles. The van der Waals surface area contributed by atoms with Crippen LogP contribution in [0.5, 0.6) is 0 Å². The molecule has 0 radical (unpaired) electrons. The van der Waals surface area contributed by atoms with Gasteiger partial charge in [0.1, 0.15) is 0 Å². The summed E-state index contributed by atoms with van der Waals surface area (Å²) in [5.41, 5.74) is 1.07. The van der Waals surface area contributed by atoms with E-state index in [1.807, 2.05) is 19.9 Å². The van der Waals surface area contributed by atoms with Gasteiger partial charge in [0.25, 0.3) is 0 Å². The molecule has 0 bridgehead atoms. The standard InChI is InChI=1S/C11H16F3NS/c1-7-6-8(2)16-10(7)9(15-3)4-5-11(12,13)14/h6,9,15H,4-5H2,1-3H3. The van der Waals surface area contributed by atoms with Crippen molar-refractivity contribution in [1.82, 2.24) is 5.32 Å². The van der Waals surface area contributed by atoms with Gasteiger partial charge in [-0.15, -0.1) is 11.3 Å². The van der Waals surface area contributed by atoms with Crippen LogP contribution in [0.15, 0.2) is 6.07 Å². The Labute approximate surface area is 97.7 Å². The van der Waals surface area contributed by atoms with Crippen molar-refractivity contribution >= 4 is 11.3 Å². The first-order chi connectivity index (χ1) is 7.33. The van der Waals surface area contributed by atoms with Crippen molar-refractivity contribution in [3.05, 3.63) is 21.4 Å². The Morgan fingerprint density at radius 2 is 2.00 bits per heavy atom. The van der Waals surface area contributed by atoms with Crippen LogP contribution in [0.2, 0.25) is 0 Å². The van der Waals surface area contributed by atoms with E-state index in [0.717, 1.165) is 15.3 Å². The fourth-order valence-corrected chi connectivity index (χ4v) is 2.90. The van der Waals surface area contributed by atoms with Gasteiger partial charge in [0, 0.05) is 22.2 Å². The summed E-state index contributed by atoms with van der Waals surface area (Å²) in [5, 5.41) is 2.96. The van der Waals surface area contributed by atoms with E-state index in [2.05, 4.69) is 5.32 Å². The third-order valence-electron chi connectivity index (χ3n) is 2.46. The first-order valence-electron chi connectivity index (χ1n) is 5.14. The molecule has 1 aromatic rings. The van der Waals surface area contributed by atoms with Gasteiger partial charge in [-0.1, -0.05) is 0 Å². The van der Waals surface area contributed by atoms with Gasteiger partial charge in [-0.05, 0) is 38.9 Å². The second-order valence-corrected chi connectivity index (χ2v) is 5.19. The number of hydrogen-bond acceptors (Lipinski definition) is 2. The number of hydrogen-bond donors (Lipinski definition) is 1. The number of alkyl halides is 3. The smallest absolute Gasteiger partial charge is 0.312 e. The Morgan fingerprint density at radius 1 is 1.38 bits per heavy atom. The van der Waals surface area contributed by atoms with Crippen LogP contribution in [0.25, 0.3) is 0 Å². The molecular weight excluding hydrogens is 235 g/mol. The molecule has 0 aliphatic heterocycles. The van der Waals surface area contributed by atoms with Crippen LogP contribution >= 0.6 is 11.3 Å². The molecule has 0 aromatic carbocycles. The highest BCUT2D eigenvalue weighted by atomic mass is 32.1. The molecule has 0 spiro atoms. The zero-order valence-electron chi connectivity index (χ0n) is 9.61. The van der Waals surface area contributed by atoms with Crippen LogP contribution in [-0.2, 0) is 0 Å². The van der Waals surface area contributed by atoms with E-state index in [0.29, 0.717) is 0 Å². The van der Waals surface area contributed by atoms with Crippen LogP contribution in [-0.4, -0.2) is 13.2 Å². The molecule has 5 heteroatoms. The van der Waals surface area contributed by atoms with Crippen molar-refractivity contribution in [3.63, 3.8) is 0 Å². The minimum atomic E-state index is -4.07. The summed E-state index contributed by atoms with van der Waals surface area (Å²) in [5.74, 6) is 0.